The van der Waals surface area contributed by atoms with Crippen molar-refractivity contribution in [2.45, 2.75) is 25.7 Å². The summed E-state index contributed by atoms with van der Waals surface area (Å²) in [4.78, 5) is 11.3. The maximum atomic E-state index is 11.3. The van der Waals surface area contributed by atoms with Gasteiger partial charge in [-0.15, -0.1) is 0 Å². The van der Waals surface area contributed by atoms with Gasteiger partial charge in [-0.2, -0.15) is 0 Å². The van der Waals surface area contributed by atoms with Crippen molar-refractivity contribution in [1.29, 1.82) is 0 Å². The Morgan fingerprint density at radius 3 is 2.32 bits per heavy atom. The van der Waals surface area contributed by atoms with Crippen molar-refractivity contribution in [1.82, 2.24) is 0 Å². The van der Waals surface area contributed by atoms with Crippen LogP contribution in [0.4, 0.5) is 0 Å². The molecule has 1 aliphatic carbocycles. The fraction of sp³-hybridized carbons (Fsp3) is 0.438. The van der Waals surface area contributed by atoms with E-state index in [1.807, 2.05) is 24.3 Å². The summed E-state index contributed by atoms with van der Waals surface area (Å²) in [6.07, 6.45) is 3.77. The molecule has 1 aromatic rings. The van der Waals surface area contributed by atoms with E-state index in [-0.39, 0.29) is 11.8 Å². The van der Waals surface area contributed by atoms with Crippen LogP contribution < -0.4 is 4.74 Å². The van der Waals surface area contributed by atoms with E-state index >= 15 is 0 Å². The predicted molar refractivity (Wildman–Crippen MR) is 75.1 cm³/mol. The fourth-order valence-electron chi connectivity index (χ4n) is 2.86. The largest absolute Gasteiger partial charge is 0.497 e. The second-order valence-corrected chi connectivity index (χ2v) is 5.09. The number of allylic oxidation sites excluding steroid dienone is 1. The summed E-state index contributed by atoms with van der Waals surface area (Å²) in [6.45, 7) is 4.13. The van der Waals surface area contributed by atoms with Crippen molar-refractivity contribution in [2.75, 3.05) is 7.11 Å². The number of methoxy groups -OCH3 is 1. The Hall–Kier alpha value is -1.77. The summed E-state index contributed by atoms with van der Waals surface area (Å²) >= 11 is 0. The number of hydrogen-bond donors (Lipinski definition) is 1. The van der Waals surface area contributed by atoms with Gasteiger partial charge in [0, 0.05) is 0 Å². The minimum Gasteiger partial charge on any atom is -0.497 e. The highest BCUT2D eigenvalue weighted by molar-refractivity contribution is 5.76. The molecule has 0 unspecified atom stereocenters. The fourth-order valence-corrected chi connectivity index (χ4v) is 2.86. The Bertz CT molecular complexity index is 461. The van der Waals surface area contributed by atoms with Crippen LogP contribution in [0.2, 0.25) is 0 Å². The van der Waals surface area contributed by atoms with Crippen molar-refractivity contribution in [2.24, 2.45) is 11.8 Å². The lowest BCUT2D eigenvalue weighted by atomic mass is 9.74. The van der Waals surface area contributed by atoms with Crippen molar-refractivity contribution < 1.29 is 14.6 Å². The molecule has 1 fully saturated rings. The zero-order valence-electron chi connectivity index (χ0n) is 11.3. The molecular weight excluding hydrogens is 240 g/mol. The lowest BCUT2D eigenvalue weighted by molar-refractivity contribution is -0.143. The topological polar surface area (TPSA) is 46.5 Å². The molecule has 0 aromatic heterocycles. The van der Waals surface area contributed by atoms with Gasteiger partial charge < -0.3 is 9.84 Å². The van der Waals surface area contributed by atoms with Crippen LogP contribution in [0, 0.1) is 11.8 Å². The second-order valence-electron chi connectivity index (χ2n) is 5.09. The molecule has 1 N–H and O–H groups in total. The highest BCUT2D eigenvalue weighted by Crippen LogP contribution is 2.39. The summed E-state index contributed by atoms with van der Waals surface area (Å²) in [7, 11) is 1.63. The van der Waals surface area contributed by atoms with Crippen LogP contribution in [-0.4, -0.2) is 18.2 Å². The predicted octanol–water partition coefficient (Wildman–Crippen LogP) is 3.60. The summed E-state index contributed by atoms with van der Waals surface area (Å²) in [5.74, 6) is -0.127. The normalized spacial score (nSPS) is 22.8. The van der Waals surface area contributed by atoms with Crippen LogP contribution in [0.5, 0.6) is 5.75 Å². The second kappa shape index (κ2) is 5.91. The molecule has 1 saturated carbocycles. The van der Waals surface area contributed by atoms with E-state index in [0.717, 1.165) is 42.6 Å². The van der Waals surface area contributed by atoms with Crippen molar-refractivity contribution in [3.63, 3.8) is 0 Å². The first-order valence-electron chi connectivity index (χ1n) is 6.69. The number of hydrogen-bond acceptors (Lipinski definition) is 2. The van der Waals surface area contributed by atoms with Gasteiger partial charge in [0.1, 0.15) is 5.75 Å². The highest BCUT2D eigenvalue weighted by atomic mass is 16.5. The average molecular weight is 260 g/mol. The van der Waals surface area contributed by atoms with Crippen LogP contribution in [0.15, 0.2) is 30.8 Å². The SMILES string of the molecule is C=C(c1ccc(OC)cc1)[C@@H]1CCCC[C@@H]1C(=O)O. The van der Waals surface area contributed by atoms with E-state index in [2.05, 4.69) is 6.58 Å². The molecule has 0 spiro atoms. The minimum absolute atomic E-state index is 0.0552. The Labute approximate surface area is 113 Å². The average Bonchev–Trinajstić information content (AvgIpc) is 2.46. The summed E-state index contributed by atoms with van der Waals surface area (Å²) < 4.78 is 5.13. The van der Waals surface area contributed by atoms with Crippen molar-refractivity contribution in [3.8, 4) is 5.75 Å². The molecule has 0 heterocycles. The smallest absolute Gasteiger partial charge is 0.307 e. The Morgan fingerprint density at radius 1 is 1.21 bits per heavy atom. The molecule has 0 saturated heterocycles. The van der Waals surface area contributed by atoms with Gasteiger partial charge in [-0.25, -0.2) is 0 Å². The molecule has 3 heteroatoms. The first kappa shape index (κ1) is 13.7. The van der Waals surface area contributed by atoms with Crippen LogP contribution in [0.3, 0.4) is 0 Å². The van der Waals surface area contributed by atoms with Crippen molar-refractivity contribution in [3.05, 3.63) is 36.4 Å². The van der Waals surface area contributed by atoms with Crippen molar-refractivity contribution >= 4 is 11.5 Å². The third kappa shape index (κ3) is 2.98. The number of ether oxygens (including phenoxy) is 1. The van der Waals surface area contributed by atoms with Gasteiger partial charge in [-0.3, -0.25) is 4.79 Å². The number of carboxylic acid groups (broad SMARTS) is 1. The quantitative estimate of drug-likeness (QED) is 0.899. The molecule has 3 nitrogen and oxygen atoms in total. The first-order chi connectivity index (χ1) is 9.13. The molecule has 19 heavy (non-hydrogen) atoms. The molecule has 0 amide bonds. The van der Waals surface area contributed by atoms with Crippen LogP contribution in [0.25, 0.3) is 5.57 Å². The summed E-state index contributed by atoms with van der Waals surface area (Å²) in [5, 5.41) is 9.33. The van der Waals surface area contributed by atoms with Gasteiger partial charge in [-0.1, -0.05) is 31.6 Å². The van der Waals surface area contributed by atoms with E-state index in [4.69, 9.17) is 4.74 Å². The monoisotopic (exact) mass is 260 g/mol. The molecule has 1 aromatic carbocycles. The van der Waals surface area contributed by atoms with Crippen LogP contribution >= 0.6 is 0 Å². The van der Waals surface area contributed by atoms with E-state index < -0.39 is 5.97 Å². The Balaban J connectivity index is 2.18. The zero-order valence-corrected chi connectivity index (χ0v) is 11.3. The molecule has 2 rings (SSSR count). The number of aliphatic carboxylic acids is 1. The number of carbonyl (C=O) groups is 1. The first-order valence-corrected chi connectivity index (χ1v) is 6.69. The Kier molecular flexibility index (Phi) is 4.25. The Morgan fingerprint density at radius 2 is 1.79 bits per heavy atom. The van der Waals surface area contributed by atoms with Crippen LogP contribution in [0.1, 0.15) is 31.2 Å². The third-order valence-electron chi connectivity index (χ3n) is 3.99. The van der Waals surface area contributed by atoms with Crippen LogP contribution in [-0.2, 0) is 4.79 Å². The van der Waals surface area contributed by atoms with E-state index in [0.29, 0.717) is 0 Å². The van der Waals surface area contributed by atoms with Gasteiger partial charge in [0.15, 0.2) is 0 Å². The maximum Gasteiger partial charge on any atom is 0.307 e. The van der Waals surface area contributed by atoms with E-state index in [9.17, 15) is 9.90 Å². The zero-order chi connectivity index (χ0) is 13.8. The lowest BCUT2D eigenvalue weighted by Gasteiger charge is -2.30. The van der Waals surface area contributed by atoms with E-state index in [1.54, 1.807) is 7.11 Å². The standard InChI is InChI=1S/C16H20O3/c1-11(12-7-9-13(19-2)10-8-12)14-5-3-4-6-15(14)16(17)18/h7-10,14-15H,1,3-6H2,2H3,(H,17,18)/t14-,15-/m0/s1. The number of rotatable bonds is 4. The van der Waals surface area contributed by atoms with Gasteiger partial charge >= 0.3 is 5.97 Å². The molecular formula is C16H20O3. The van der Waals surface area contributed by atoms with Gasteiger partial charge in [0.25, 0.3) is 0 Å². The molecule has 0 aliphatic heterocycles. The molecule has 0 bridgehead atoms. The maximum absolute atomic E-state index is 11.3. The molecule has 2 atom stereocenters. The van der Waals surface area contributed by atoms with Gasteiger partial charge in [-0.05, 0) is 42.0 Å². The summed E-state index contributed by atoms with van der Waals surface area (Å²) in [5.41, 5.74) is 1.95. The van der Waals surface area contributed by atoms with E-state index in [1.165, 1.54) is 0 Å². The number of carboxylic acids is 1. The van der Waals surface area contributed by atoms with Gasteiger partial charge in [0.2, 0.25) is 0 Å². The number of benzene rings is 1. The minimum atomic E-state index is -0.695. The summed E-state index contributed by atoms with van der Waals surface area (Å²) in [6, 6.07) is 7.68. The molecule has 1 aliphatic rings. The lowest BCUT2D eigenvalue weighted by Crippen LogP contribution is -2.27. The highest BCUT2D eigenvalue weighted by Gasteiger charge is 2.32. The molecule has 102 valence electrons. The molecule has 0 radical (unpaired) electrons. The van der Waals surface area contributed by atoms with Gasteiger partial charge in [0.05, 0.1) is 13.0 Å². The third-order valence-corrected chi connectivity index (χ3v) is 3.99.